The highest BCUT2D eigenvalue weighted by molar-refractivity contribution is 6.11. The molecule has 0 N–H and O–H groups in total. The lowest BCUT2D eigenvalue weighted by atomic mass is 9.78. The molecule has 2 atom stereocenters. The van der Waals surface area contributed by atoms with E-state index in [2.05, 4.69) is 6.92 Å². The second-order valence-corrected chi connectivity index (χ2v) is 8.93. The molecular weight excluding hydrogens is 452 g/mol. The third kappa shape index (κ3) is 4.81. The fraction of sp³-hybridized carbons (Fsp3) is 0.333. The average Bonchev–Trinajstić information content (AvgIpc) is 2.93. The van der Waals surface area contributed by atoms with Crippen molar-refractivity contribution in [3.05, 3.63) is 89.5 Å². The van der Waals surface area contributed by atoms with Gasteiger partial charge < -0.3 is 14.4 Å². The Morgan fingerprint density at radius 2 is 1.50 bits per heavy atom. The average molecular weight is 487 g/mol. The Kier molecular flexibility index (Phi) is 7.93. The van der Waals surface area contributed by atoms with Gasteiger partial charge in [-0.1, -0.05) is 43.7 Å². The molecule has 1 aliphatic rings. The molecule has 0 saturated carbocycles. The number of hydrogen-bond acceptors (Lipinski definition) is 4. The summed E-state index contributed by atoms with van der Waals surface area (Å²) in [7, 11) is 3.24. The number of unbranched alkanes of at least 4 members (excludes halogenated alkanes) is 1. The number of fused-ring (bicyclic) bond motifs is 1. The zero-order valence-electron chi connectivity index (χ0n) is 21.4. The number of ether oxygens (including phenoxy) is 2. The highest BCUT2D eigenvalue weighted by Gasteiger charge is 2.45. The van der Waals surface area contributed by atoms with Crippen molar-refractivity contribution >= 4 is 17.5 Å². The predicted molar refractivity (Wildman–Crippen MR) is 142 cm³/mol. The van der Waals surface area contributed by atoms with Gasteiger partial charge in [0.1, 0.15) is 11.5 Å². The largest absolute Gasteiger partial charge is 0.497 e. The summed E-state index contributed by atoms with van der Waals surface area (Å²) in [6, 6.07) is 22.1. The molecule has 4 rings (SSSR count). The first-order chi connectivity index (χ1) is 17.5. The second-order valence-electron chi connectivity index (χ2n) is 8.93. The summed E-state index contributed by atoms with van der Waals surface area (Å²) in [5, 5.41) is 0. The number of benzene rings is 3. The monoisotopic (exact) mass is 486 g/mol. The number of anilines is 1. The van der Waals surface area contributed by atoms with E-state index in [-0.39, 0.29) is 11.8 Å². The van der Waals surface area contributed by atoms with Gasteiger partial charge in [0.25, 0.3) is 5.91 Å². The van der Waals surface area contributed by atoms with Crippen molar-refractivity contribution in [1.82, 2.24) is 4.90 Å². The van der Waals surface area contributed by atoms with Crippen LogP contribution in [0, 0.1) is 0 Å². The van der Waals surface area contributed by atoms with Crippen LogP contribution in [0.5, 0.6) is 11.5 Å². The van der Waals surface area contributed by atoms with Crippen molar-refractivity contribution in [3.63, 3.8) is 0 Å². The van der Waals surface area contributed by atoms with Gasteiger partial charge in [-0.25, -0.2) is 0 Å². The second kappa shape index (κ2) is 11.3. The molecule has 0 spiro atoms. The van der Waals surface area contributed by atoms with Gasteiger partial charge in [0.2, 0.25) is 5.91 Å². The molecule has 0 radical (unpaired) electrons. The van der Waals surface area contributed by atoms with Gasteiger partial charge in [-0.05, 0) is 66.9 Å². The van der Waals surface area contributed by atoms with Crippen LogP contribution in [0.2, 0.25) is 0 Å². The van der Waals surface area contributed by atoms with Crippen LogP contribution in [-0.2, 0) is 4.79 Å². The molecule has 0 fully saturated rings. The lowest BCUT2D eigenvalue weighted by molar-refractivity contribution is -0.133. The van der Waals surface area contributed by atoms with Gasteiger partial charge in [0, 0.05) is 24.3 Å². The number of carbonyl (C=O) groups excluding carboxylic acids is 2. The summed E-state index contributed by atoms with van der Waals surface area (Å²) in [4.78, 5) is 31.9. The minimum atomic E-state index is -0.550. The third-order valence-corrected chi connectivity index (χ3v) is 6.89. The predicted octanol–water partition coefficient (Wildman–Crippen LogP) is 5.84. The van der Waals surface area contributed by atoms with Crippen LogP contribution in [0.3, 0.4) is 0 Å². The number of nitrogens with zero attached hydrogens (tertiary/aromatic N) is 2. The zero-order valence-corrected chi connectivity index (χ0v) is 21.4. The molecule has 0 bridgehead atoms. The fourth-order valence-corrected chi connectivity index (χ4v) is 4.94. The zero-order chi connectivity index (χ0) is 25.7. The molecule has 2 unspecified atom stereocenters. The summed E-state index contributed by atoms with van der Waals surface area (Å²) in [5.74, 6) is 0.779. The SMILES string of the molecule is CCCCN(CC)C(=O)C1c2ccccc2C(=O)N(c2ccc(OC)cc2)C1c1ccc(OC)cc1. The quantitative estimate of drug-likeness (QED) is 0.381. The number of methoxy groups -OCH3 is 2. The Morgan fingerprint density at radius 1 is 0.889 bits per heavy atom. The molecular formula is C30H34N2O4. The lowest BCUT2D eigenvalue weighted by Crippen LogP contribution is -2.48. The third-order valence-electron chi connectivity index (χ3n) is 6.89. The maximum Gasteiger partial charge on any atom is 0.259 e. The van der Waals surface area contributed by atoms with E-state index in [0.717, 1.165) is 29.7 Å². The van der Waals surface area contributed by atoms with Crippen molar-refractivity contribution < 1.29 is 19.1 Å². The van der Waals surface area contributed by atoms with Crippen LogP contribution in [0.25, 0.3) is 0 Å². The van der Waals surface area contributed by atoms with Crippen LogP contribution in [0.4, 0.5) is 5.69 Å². The molecule has 3 aromatic rings. The Balaban J connectivity index is 1.92. The molecule has 188 valence electrons. The van der Waals surface area contributed by atoms with Gasteiger partial charge in [-0.2, -0.15) is 0 Å². The van der Waals surface area contributed by atoms with E-state index in [4.69, 9.17) is 9.47 Å². The normalized spacial score (nSPS) is 16.9. The molecule has 6 nitrogen and oxygen atoms in total. The Labute approximate surface area is 213 Å². The van der Waals surface area contributed by atoms with Crippen molar-refractivity contribution in [2.75, 3.05) is 32.2 Å². The molecule has 1 aliphatic heterocycles. The highest BCUT2D eigenvalue weighted by Crippen LogP contribution is 2.46. The number of carbonyl (C=O) groups is 2. The van der Waals surface area contributed by atoms with E-state index in [1.807, 2.05) is 84.6 Å². The van der Waals surface area contributed by atoms with Crippen LogP contribution in [0.1, 0.15) is 60.1 Å². The highest BCUT2D eigenvalue weighted by atomic mass is 16.5. The molecule has 6 heteroatoms. The molecule has 0 aliphatic carbocycles. The van der Waals surface area contributed by atoms with E-state index in [9.17, 15) is 9.59 Å². The summed E-state index contributed by atoms with van der Waals surface area (Å²) < 4.78 is 10.7. The first kappa shape index (κ1) is 25.3. The molecule has 36 heavy (non-hydrogen) atoms. The number of likely N-dealkylation sites (N-methyl/N-ethyl adjacent to an activating group) is 1. The van der Waals surface area contributed by atoms with Crippen LogP contribution >= 0.6 is 0 Å². The maximum atomic E-state index is 14.2. The van der Waals surface area contributed by atoms with E-state index < -0.39 is 12.0 Å². The van der Waals surface area contributed by atoms with E-state index >= 15 is 0 Å². The summed E-state index contributed by atoms with van der Waals surface area (Å²) in [6.45, 7) is 5.44. The molecule has 2 amide bonds. The van der Waals surface area contributed by atoms with E-state index in [0.29, 0.717) is 30.1 Å². The summed E-state index contributed by atoms with van der Waals surface area (Å²) in [6.07, 6.45) is 1.94. The van der Waals surface area contributed by atoms with Crippen LogP contribution in [-0.4, -0.2) is 44.0 Å². The smallest absolute Gasteiger partial charge is 0.259 e. The van der Waals surface area contributed by atoms with Crippen molar-refractivity contribution in [2.45, 2.75) is 38.6 Å². The standard InChI is InChI=1S/C30H34N2O4/c1-5-7-20-31(6-2)30(34)27-25-10-8-9-11-26(25)29(33)32(22-14-18-24(36-4)19-15-22)28(27)21-12-16-23(35-3)17-13-21/h8-19,27-28H,5-7,20H2,1-4H3. The van der Waals surface area contributed by atoms with Gasteiger partial charge >= 0.3 is 0 Å². The first-order valence-corrected chi connectivity index (χ1v) is 12.5. The summed E-state index contributed by atoms with van der Waals surface area (Å²) in [5.41, 5.74) is 2.92. The number of hydrogen-bond donors (Lipinski definition) is 0. The topological polar surface area (TPSA) is 59.1 Å². The van der Waals surface area contributed by atoms with Crippen molar-refractivity contribution in [3.8, 4) is 11.5 Å². The van der Waals surface area contributed by atoms with Crippen molar-refractivity contribution in [2.24, 2.45) is 0 Å². The Bertz CT molecular complexity index is 1190. The Hall–Kier alpha value is -3.80. The number of amides is 2. The van der Waals surface area contributed by atoms with Gasteiger partial charge in [-0.15, -0.1) is 0 Å². The maximum absolute atomic E-state index is 14.2. The molecule has 1 heterocycles. The summed E-state index contributed by atoms with van der Waals surface area (Å²) >= 11 is 0. The molecule has 3 aromatic carbocycles. The van der Waals surface area contributed by atoms with Crippen LogP contribution < -0.4 is 14.4 Å². The molecule has 0 aromatic heterocycles. The molecule has 0 saturated heterocycles. The minimum absolute atomic E-state index is 0.0326. The first-order valence-electron chi connectivity index (χ1n) is 12.5. The van der Waals surface area contributed by atoms with Gasteiger partial charge in [0.05, 0.1) is 26.2 Å². The van der Waals surface area contributed by atoms with E-state index in [1.54, 1.807) is 19.1 Å². The minimum Gasteiger partial charge on any atom is -0.497 e. The van der Waals surface area contributed by atoms with Crippen LogP contribution in [0.15, 0.2) is 72.8 Å². The van der Waals surface area contributed by atoms with Gasteiger partial charge in [0.15, 0.2) is 0 Å². The fourth-order valence-electron chi connectivity index (χ4n) is 4.94. The number of rotatable bonds is 9. The Morgan fingerprint density at radius 3 is 2.08 bits per heavy atom. The van der Waals surface area contributed by atoms with E-state index in [1.165, 1.54) is 0 Å². The lowest BCUT2D eigenvalue weighted by Gasteiger charge is -2.43. The van der Waals surface area contributed by atoms with Gasteiger partial charge in [-0.3, -0.25) is 14.5 Å². The van der Waals surface area contributed by atoms with Crippen molar-refractivity contribution in [1.29, 1.82) is 0 Å².